The van der Waals surface area contributed by atoms with E-state index in [1.165, 1.54) is 43.2 Å². The van der Waals surface area contributed by atoms with Crippen LogP contribution < -0.4 is 5.73 Å². The summed E-state index contributed by atoms with van der Waals surface area (Å²) in [5.41, 5.74) is 9.14. The number of likely N-dealkylation sites (N-methyl/N-ethyl adjacent to an activating group) is 1. The molecule has 1 saturated carbocycles. The molecule has 0 spiro atoms. The first-order valence-corrected chi connectivity index (χ1v) is 8.19. The summed E-state index contributed by atoms with van der Waals surface area (Å²) < 4.78 is 0. The Morgan fingerprint density at radius 1 is 1.15 bits per heavy atom. The van der Waals surface area contributed by atoms with Crippen molar-refractivity contribution in [1.82, 2.24) is 4.90 Å². The molecule has 0 heterocycles. The van der Waals surface area contributed by atoms with E-state index >= 15 is 0 Å². The van der Waals surface area contributed by atoms with Crippen LogP contribution in [0.15, 0.2) is 24.3 Å². The molecule has 0 amide bonds. The Morgan fingerprint density at radius 3 is 2.30 bits per heavy atom. The number of aryl methyl sites for hydroxylation is 1. The predicted octanol–water partition coefficient (Wildman–Crippen LogP) is 3.90. The first-order valence-electron chi connectivity index (χ1n) is 8.19. The molecule has 0 bridgehead atoms. The highest BCUT2D eigenvalue weighted by molar-refractivity contribution is 5.25. The lowest BCUT2D eigenvalue weighted by Gasteiger charge is -2.38. The Labute approximate surface area is 124 Å². The van der Waals surface area contributed by atoms with Gasteiger partial charge >= 0.3 is 0 Å². The molecule has 0 aromatic heterocycles. The van der Waals surface area contributed by atoms with Crippen LogP contribution in [0, 0.1) is 0 Å². The zero-order valence-corrected chi connectivity index (χ0v) is 13.3. The number of rotatable bonds is 5. The molecule has 2 unspecified atom stereocenters. The van der Waals surface area contributed by atoms with Gasteiger partial charge in [0.2, 0.25) is 0 Å². The number of nitrogens with two attached hydrogens (primary N) is 1. The van der Waals surface area contributed by atoms with Crippen LogP contribution in [0.2, 0.25) is 0 Å². The summed E-state index contributed by atoms with van der Waals surface area (Å²) in [4.78, 5) is 2.51. The normalized spacial score (nSPS) is 20.1. The van der Waals surface area contributed by atoms with Crippen molar-refractivity contribution < 1.29 is 0 Å². The molecular weight excluding hydrogens is 244 g/mol. The Bertz CT molecular complexity index is 392. The maximum Gasteiger partial charge on any atom is 0.0450 e. The van der Waals surface area contributed by atoms with E-state index < -0.39 is 0 Å². The van der Waals surface area contributed by atoms with Crippen LogP contribution in [0.25, 0.3) is 0 Å². The second kappa shape index (κ2) is 7.24. The highest BCUT2D eigenvalue weighted by Crippen LogP contribution is 2.26. The number of hydrogen-bond acceptors (Lipinski definition) is 2. The summed E-state index contributed by atoms with van der Waals surface area (Å²) in [5.74, 6) is 0. The minimum absolute atomic E-state index is 0.104. The van der Waals surface area contributed by atoms with E-state index in [9.17, 15) is 0 Å². The summed E-state index contributed by atoms with van der Waals surface area (Å²) in [6.07, 6.45) is 7.92. The van der Waals surface area contributed by atoms with Crippen LogP contribution in [0.1, 0.15) is 63.1 Å². The zero-order valence-electron chi connectivity index (χ0n) is 13.3. The largest absolute Gasteiger partial charge is 0.323 e. The molecule has 1 aliphatic carbocycles. The number of hydrogen-bond donors (Lipinski definition) is 1. The van der Waals surface area contributed by atoms with Crippen LogP contribution in [0.3, 0.4) is 0 Å². The smallest absolute Gasteiger partial charge is 0.0450 e. The summed E-state index contributed by atoms with van der Waals surface area (Å²) >= 11 is 0. The first kappa shape index (κ1) is 15.5. The Hall–Kier alpha value is -0.860. The summed E-state index contributed by atoms with van der Waals surface area (Å²) in [7, 11) is 2.25. The van der Waals surface area contributed by atoms with E-state index in [0.29, 0.717) is 6.04 Å². The van der Waals surface area contributed by atoms with Gasteiger partial charge in [0.15, 0.2) is 0 Å². The molecule has 2 nitrogen and oxygen atoms in total. The van der Waals surface area contributed by atoms with E-state index in [4.69, 9.17) is 5.73 Å². The molecule has 2 atom stereocenters. The van der Waals surface area contributed by atoms with E-state index in [1.807, 2.05) is 0 Å². The quantitative estimate of drug-likeness (QED) is 0.882. The van der Waals surface area contributed by atoms with Gasteiger partial charge in [0.1, 0.15) is 0 Å². The van der Waals surface area contributed by atoms with Gasteiger partial charge in [0.05, 0.1) is 0 Å². The average molecular weight is 274 g/mol. The van der Waals surface area contributed by atoms with E-state index in [-0.39, 0.29) is 6.04 Å². The van der Waals surface area contributed by atoms with Crippen LogP contribution >= 0.6 is 0 Å². The summed E-state index contributed by atoms with van der Waals surface area (Å²) in [6.45, 7) is 4.46. The topological polar surface area (TPSA) is 29.3 Å². The SMILES string of the molecule is CCc1ccc(C(N)C(C)N(C)C2CCCCC2)cc1. The average Bonchev–Trinajstić information content (AvgIpc) is 2.53. The van der Waals surface area contributed by atoms with Crippen molar-refractivity contribution in [3.05, 3.63) is 35.4 Å². The third-order valence-electron chi connectivity index (χ3n) is 5.09. The van der Waals surface area contributed by atoms with Crippen LogP contribution in [0.4, 0.5) is 0 Å². The Morgan fingerprint density at radius 2 is 1.75 bits per heavy atom. The molecule has 2 N–H and O–H groups in total. The van der Waals surface area contributed by atoms with Gasteiger partial charge in [-0.1, -0.05) is 50.5 Å². The first-order chi connectivity index (χ1) is 9.63. The molecule has 0 aliphatic heterocycles. The fourth-order valence-corrected chi connectivity index (χ4v) is 3.33. The molecular formula is C18H30N2. The number of nitrogens with zero attached hydrogens (tertiary/aromatic N) is 1. The lowest BCUT2D eigenvalue weighted by molar-refractivity contribution is 0.130. The third-order valence-corrected chi connectivity index (χ3v) is 5.09. The minimum atomic E-state index is 0.104. The molecule has 1 aliphatic rings. The fraction of sp³-hybridized carbons (Fsp3) is 0.667. The van der Waals surface area contributed by atoms with Crippen LogP contribution in [-0.4, -0.2) is 24.0 Å². The fourth-order valence-electron chi connectivity index (χ4n) is 3.33. The van der Waals surface area contributed by atoms with E-state index in [2.05, 4.69) is 50.1 Å². The van der Waals surface area contributed by atoms with Crippen molar-refractivity contribution in [3.8, 4) is 0 Å². The highest BCUT2D eigenvalue weighted by Gasteiger charge is 2.26. The molecule has 2 heteroatoms. The monoisotopic (exact) mass is 274 g/mol. The third kappa shape index (κ3) is 3.62. The molecule has 2 rings (SSSR count). The molecule has 0 saturated heterocycles. The van der Waals surface area contributed by atoms with Gasteiger partial charge in [-0.05, 0) is 44.4 Å². The van der Waals surface area contributed by atoms with Gasteiger partial charge in [-0.15, -0.1) is 0 Å². The van der Waals surface area contributed by atoms with Crippen molar-refractivity contribution in [2.45, 2.75) is 70.5 Å². The maximum absolute atomic E-state index is 6.50. The van der Waals surface area contributed by atoms with Crippen LogP contribution in [0.5, 0.6) is 0 Å². The lowest BCUT2D eigenvalue weighted by atomic mass is 9.91. The Balaban J connectivity index is 2.00. The van der Waals surface area contributed by atoms with Crippen molar-refractivity contribution >= 4 is 0 Å². The second-order valence-corrected chi connectivity index (χ2v) is 6.32. The molecule has 0 radical (unpaired) electrons. The molecule has 1 aromatic carbocycles. The predicted molar refractivity (Wildman–Crippen MR) is 86.8 cm³/mol. The lowest BCUT2D eigenvalue weighted by Crippen LogP contribution is -2.45. The van der Waals surface area contributed by atoms with Gasteiger partial charge in [0, 0.05) is 18.1 Å². The highest BCUT2D eigenvalue weighted by atomic mass is 15.2. The molecule has 20 heavy (non-hydrogen) atoms. The molecule has 112 valence electrons. The molecule has 1 aromatic rings. The van der Waals surface area contributed by atoms with E-state index in [1.54, 1.807) is 0 Å². The second-order valence-electron chi connectivity index (χ2n) is 6.32. The summed E-state index contributed by atoms with van der Waals surface area (Å²) in [5, 5.41) is 0. The minimum Gasteiger partial charge on any atom is -0.323 e. The van der Waals surface area contributed by atoms with E-state index in [0.717, 1.165) is 12.5 Å². The Kier molecular flexibility index (Phi) is 5.62. The maximum atomic E-state index is 6.50. The van der Waals surface area contributed by atoms with Crippen LogP contribution in [-0.2, 0) is 6.42 Å². The van der Waals surface area contributed by atoms with Gasteiger partial charge in [-0.3, -0.25) is 4.90 Å². The van der Waals surface area contributed by atoms with Gasteiger partial charge in [-0.2, -0.15) is 0 Å². The van der Waals surface area contributed by atoms with Crippen molar-refractivity contribution in [1.29, 1.82) is 0 Å². The molecule has 1 fully saturated rings. The van der Waals surface area contributed by atoms with Crippen molar-refractivity contribution in [2.24, 2.45) is 5.73 Å². The number of benzene rings is 1. The van der Waals surface area contributed by atoms with Gasteiger partial charge < -0.3 is 5.73 Å². The zero-order chi connectivity index (χ0) is 14.5. The standard InChI is InChI=1S/C18H30N2/c1-4-15-10-12-16(13-11-15)18(19)14(2)20(3)17-8-6-5-7-9-17/h10-14,17-18H,4-9,19H2,1-3H3. The van der Waals surface area contributed by atoms with Gasteiger partial charge in [0.25, 0.3) is 0 Å². The summed E-state index contributed by atoms with van der Waals surface area (Å²) in [6, 6.07) is 10.0. The van der Waals surface area contributed by atoms with Crippen molar-refractivity contribution in [3.63, 3.8) is 0 Å². The van der Waals surface area contributed by atoms with Gasteiger partial charge in [-0.25, -0.2) is 0 Å². The van der Waals surface area contributed by atoms with Crippen molar-refractivity contribution in [2.75, 3.05) is 7.05 Å².